The van der Waals surface area contributed by atoms with Gasteiger partial charge in [0.2, 0.25) is 0 Å². The first-order chi connectivity index (χ1) is 16.6. The van der Waals surface area contributed by atoms with Crippen molar-refractivity contribution in [2.24, 2.45) is 5.92 Å². The number of hydrogen-bond donors (Lipinski definition) is 1. The predicted molar refractivity (Wildman–Crippen MR) is 139 cm³/mol. The Hall–Kier alpha value is -3.16. The highest BCUT2D eigenvalue weighted by Crippen LogP contribution is 2.47. The van der Waals surface area contributed by atoms with E-state index in [0.717, 1.165) is 50.4 Å². The average molecular weight is 489 g/mol. The molecule has 5 aromatic rings. The maximum Gasteiger partial charge on any atom is 0.292 e. The topological polar surface area (TPSA) is 64.4 Å². The van der Waals surface area contributed by atoms with Gasteiger partial charge in [-0.25, -0.2) is 4.98 Å². The van der Waals surface area contributed by atoms with Crippen molar-refractivity contribution in [2.45, 2.75) is 33.1 Å². The van der Waals surface area contributed by atoms with Gasteiger partial charge in [-0.2, -0.15) is 0 Å². The highest BCUT2D eigenvalue weighted by molar-refractivity contribution is 7.23. The van der Waals surface area contributed by atoms with Crippen LogP contribution in [0.15, 0.2) is 52.9 Å². The Morgan fingerprint density at radius 3 is 2.94 bits per heavy atom. The Morgan fingerprint density at radius 2 is 2.09 bits per heavy atom. The van der Waals surface area contributed by atoms with Gasteiger partial charge in [0.25, 0.3) is 5.91 Å². The second-order valence-electron chi connectivity index (χ2n) is 8.71. The van der Waals surface area contributed by atoms with Crippen LogP contribution in [0.2, 0.25) is 0 Å². The van der Waals surface area contributed by atoms with Gasteiger partial charge in [0.15, 0.2) is 17.1 Å². The van der Waals surface area contributed by atoms with E-state index in [2.05, 4.69) is 18.3 Å². The van der Waals surface area contributed by atoms with E-state index in [-0.39, 0.29) is 11.7 Å². The first-order valence-corrected chi connectivity index (χ1v) is 13.2. The first-order valence-electron chi connectivity index (χ1n) is 11.6. The smallest absolute Gasteiger partial charge is 0.292 e. The largest absolute Gasteiger partial charge is 0.490 e. The van der Waals surface area contributed by atoms with Crippen LogP contribution < -0.4 is 10.1 Å². The molecule has 172 valence electrons. The Kier molecular flexibility index (Phi) is 5.38. The molecule has 1 aliphatic carbocycles. The van der Waals surface area contributed by atoms with Gasteiger partial charge in [-0.3, -0.25) is 4.79 Å². The molecule has 0 saturated heterocycles. The minimum atomic E-state index is -0.257. The van der Waals surface area contributed by atoms with Gasteiger partial charge in [-0.05, 0) is 61.9 Å². The van der Waals surface area contributed by atoms with Gasteiger partial charge in [-0.15, -0.1) is 22.7 Å². The minimum absolute atomic E-state index is 0.257. The van der Waals surface area contributed by atoms with Crippen LogP contribution in [0.1, 0.15) is 41.3 Å². The number of benzene rings is 2. The minimum Gasteiger partial charge on any atom is -0.490 e. The zero-order valence-electron chi connectivity index (χ0n) is 19.0. The van der Waals surface area contributed by atoms with Gasteiger partial charge < -0.3 is 14.5 Å². The lowest BCUT2D eigenvalue weighted by Gasteiger charge is -2.18. The van der Waals surface area contributed by atoms with Gasteiger partial charge >= 0.3 is 0 Å². The number of amides is 1. The number of carbonyl (C=O) groups excluding carboxylic acids is 1. The number of carbonyl (C=O) groups is 1. The summed E-state index contributed by atoms with van der Waals surface area (Å²) in [6.07, 6.45) is 3.20. The lowest BCUT2D eigenvalue weighted by Crippen LogP contribution is -2.11. The molecule has 0 unspecified atom stereocenters. The summed E-state index contributed by atoms with van der Waals surface area (Å²) in [5.41, 5.74) is 4.00. The number of aromatic nitrogens is 1. The number of thiophene rings is 1. The molecule has 1 aliphatic rings. The molecular formula is C27H24N2O3S2. The molecule has 0 fully saturated rings. The van der Waals surface area contributed by atoms with Crippen LogP contribution in [0.5, 0.6) is 5.75 Å². The molecule has 6 rings (SSSR count). The quantitative estimate of drug-likeness (QED) is 0.277. The van der Waals surface area contributed by atoms with Crippen LogP contribution in [-0.2, 0) is 12.8 Å². The molecule has 0 aliphatic heterocycles. The molecule has 34 heavy (non-hydrogen) atoms. The molecule has 3 heterocycles. The molecule has 1 atom stereocenters. The lowest BCUT2D eigenvalue weighted by atomic mass is 9.88. The van der Waals surface area contributed by atoms with E-state index in [1.54, 1.807) is 28.7 Å². The number of nitrogens with one attached hydrogen (secondary N) is 1. The average Bonchev–Trinajstić information content (AvgIpc) is 3.53. The van der Waals surface area contributed by atoms with Gasteiger partial charge in [0.1, 0.15) is 10.0 Å². The van der Waals surface area contributed by atoms with Gasteiger partial charge in [0, 0.05) is 15.8 Å². The van der Waals surface area contributed by atoms with Crippen LogP contribution in [0, 0.1) is 5.92 Å². The van der Waals surface area contributed by atoms with Crippen LogP contribution >= 0.6 is 22.7 Å². The van der Waals surface area contributed by atoms with Crippen LogP contribution in [0.3, 0.4) is 0 Å². The molecule has 1 amide bonds. The Bertz CT molecular complexity index is 1490. The predicted octanol–water partition coefficient (Wildman–Crippen LogP) is 7.55. The van der Waals surface area contributed by atoms with Crippen molar-refractivity contribution < 1.29 is 13.9 Å². The van der Waals surface area contributed by atoms with Crippen molar-refractivity contribution >= 4 is 54.8 Å². The van der Waals surface area contributed by atoms with Crippen LogP contribution in [0.4, 0.5) is 5.00 Å². The Balaban J connectivity index is 1.41. The van der Waals surface area contributed by atoms with E-state index < -0.39 is 0 Å². The molecule has 0 saturated carbocycles. The number of furan rings is 1. The normalized spacial score (nSPS) is 15.5. The molecular weight excluding hydrogens is 464 g/mol. The third-order valence-corrected chi connectivity index (χ3v) is 8.50. The summed E-state index contributed by atoms with van der Waals surface area (Å²) < 4.78 is 12.8. The summed E-state index contributed by atoms with van der Waals surface area (Å²) in [4.78, 5) is 19.6. The number of ether oxygens (including phenoxy) is 1. The number of anilines is 1. The third kappa shape index (κ3) is 3.69. The molecule has 0 radical (unpaired) electrons. The fraction of sp³-hybridized carbons (Fsp3) is 0.259. The van der Waals surface area contributed by atoms with E-state index in [1.165, 1.54) is 10.4 Å². The summed E-state index contributed by atoms with van der Waals surface area (Å²) in [6, 6.07) is 15.7. The zero-order chi connectivity index (χ0) is 23.2. The van der Waals surface area contributed by atoms with E-state index in [1.807, 2.05) is 43.3 Å². The number of nitrogens with zero attached hydrogens (tertiary/aromatic N) is 1. The van der Waals surface area contributed by atoms with Gasteiger partial charge in [0.05, 0.1) is 16.8 Å². The maximum atomic E-state index is 13.3. The van der Waals surface area contributed by atoms with E-state index in [0.29, 0.717) is 23.9 Å². The van der Waals surface area contributed by atoms with Crippen molar-refractivity contribution in [3.05, 3.63) is 64.7 Å². The third-order valence-electron chi connectivity index (χ3n) is 6.28. The van der Waals surface area contributed by atoms with Crippen molar-refractivity contribution in [3.8, 4) is 16.3 Å². The number of fused-ring (bicyclic) bond motifs is 3. The van der Waals surface area contributed by atoms with E-state index in [4.69, 9.17) is 14.1 Å². The monoisotopic (exact) mass is 488 g/mol. The summed E-state index contributed by atoms with van der Waals surface area (Å²) in [7, 11) is 0. The van der Waals surface area contributed by atoms with Crippen LogP contribution in [-0.4, -0.2) is 17.5 Å². The summed E-state index contributed by atoms with van der Waals surface area (Å²) in [5.74, 6) is 1.31. The number of para-hydroxylation sites is 2. The van der Waals surface area contributed by atoms with Gasteiger partial charge in [-0.1, -0.05) is 31.2 Å². The van der Waals surface area contributed by atoms with E-state index in [9.17, 15) is 4.79 Å². The number of hydrogen-bond acceptors (Lipinski definition) is 6. The highest BCUT2D eigenvalue weighted by atomic mass is 32.1. The fourth-order valence-electron chi connectivity index (χ4n) is 4.63. The molecule has 2 aromatic carbocycles. The number of thiazole rings is 1. The maximum absolute atomic E-state index is 13.3. The SMILES string of the molecule is CCOc1cccc2cc(C(=O)Nc3sc4c(c3-c3nc5ccccc5s3)CC[C@H](C)C4)oc12. The second-order valence-corrected chi connectivity index (χ2v) is 10.9. The zero-order valence-corrected chi connectivity index (χ0v) is 20.6. The lowest BCUT2D eigenvalue weighted by molar-refractivity contribution is 0.0999. The highest BCUT2D eigenvalue weighted by Gasteiger charge is 2.28. The second kappa shape index (κ2) is 8.56. The van der Waals surface area contributed by atoms with Crippen molar-refractivity contribution in [3.63, 3.8) is 0 Å². The molecule has 1 N–H and O–H groups in total. The summed E-state index contributed by atoms with van der Waals surface area (Å²) >= 11 is 3.36. The first kappa shape index (κ1) is 21.4. The standard InChI is InChI=1S/C27H24N2O3S2/c1-3-31-19-9-6-7-16-14-20(32-24(16)19)25(30)29-27-23(17-12-11-15(2)13-22(17)34-27)26-28-18-8-4-5-10-21(18)33-26/h4-10,14-15H,3,11-13H2,1-2H3,(H,29,30)/t15-/m0/s1. The molecule has 0 bridgehead atoms. The number of rotatable bonds is 5. The molecule has 5 nitrogen and oxygen atoms in total. The van der Waals surface area contributed by atoms with Crippen LogP contribution in [0.25, 0.3) is 31.8 Å². The Labute approximate surface area is 205 Å². The van der Waals surface area contributed by atoms with Crippen molar-refractivity contribution in [1.29, 1.82) is 0 Å². The molecule has 0 spiro atoms. The van der Waals surface area contributed by atoms with Crippen molar-refractivity contribution in [1.82, 2.24) is 4.98 Å². The van der Waals surface area contributed by atoms with E-state index >= 15 is 0 Å². The molecule has 3 aromatic heterocycles. The Morgan fingerprint density at radius 1 is 1.21 bits per heavy atom. The fourth-order valence-corrected chi connectivity index (χ4v) is 7.14. The molecule has 7 heteroatoms. The van der Waals surface area contributed by atoms with Crippen molar-refractivity contribution in [2.75, 3.05) is 11.9 Å². The summed E-state index contributed by atoms with van der Waals surface area (Å²) in [6.45, 7) is 4.76. The summed E-state index contributed by atoms with van der Waals surface area (Å²) in [5, 5.41) is 5.83.